The van der Waals surface area contributed by atoms with Crippen molar-refractivity contribution in [2.24, 2.45) is 0 Å². The number of rotatable bonds is 7. The standard InChI is InChI=1S/C24H30N4O4S2/c1-24(2,3)26(17-19-8-5-4-6-9-19)18-28-23(33)32-22(25-28)20-10-7-11-21(16-20)34(29,30)27-12-14-31-15-13-27/h4-11,16H,12-15,17-18H2,1-3H3/p+1. The van der Waals surface area contributed by atoms with Crippen molar-refractivity contribution in [1.29, 1.82) is 0 Å². The van der Waals surface area contributed by atoms with Crippen LogP contribution in [0.15, 0.2) is 63.9 Å². The van der Waals surface area contributed by atoms with E-state index in [0.717, 1.165) is 6.54 Å². The summed E-state index contributed by atoms with van der Waals surface area (Å²) in [6.07, 6.45) is 0. The average Bonchev–Trinajstić information content (AvgIpc) is 3.19. The molecule has 1 aliphatic rings. The average molecular weight is 504 g/mol. The maximum absolute atomic E-state index is 13.1. The van der Waals surface area contributed by atoms with Gasteiger partial charge in [0, 0.05) is 24.2 Å². The Morgan fingerprint density at radius 1 is 1.06 bits per heavy atom. The molecule has 182 valence electrons. The highest BCUT2D eigenvalue weighted by atomic mass is 32.2. The first kappa shape index (κ1) is 24.7. The van der Waals surface area contributed by atoms with Crippen LogP contribution in [-0.4, -0.2) is 54.3 Å². The predicted octanol–water partition coefficient (Wildman–Crippen LogP) is 2.73. The van der Waals surface area contributed by atoms with Gasteiger partial charge in [-0.3, -0.25) is 0 Å². The fourth-order valence-electron chi connectivity index (χ4n) is 3.83. The molecule has 4 rings (SSSR count). The monoisotopic (exact) mass is 503 g/mol. The van der Waals surface area contributed by atoms with Crippen LogP contribution >= 0.6 is 12.2 Å². The first-order chi connectivity index (χ1) is 16.1. The Bertz CT molecular complexity index is 1270. The van der Waals surface area contributed by atoms with Gasteiger partial charge in [-0.25, -0.2) is 8.42 Å². The van der Waals surface area contributed by atoms with Crippen LogP contribution in [0, 0.1) is 4.84 Å². The Balaban J connectivity index is 1.59. The van der Waals surface area contributed by atoms with Crippen molar-refractivity contribution >= 4 is 22.2 Å². The van der Waals surface area contributed by atoms with Crippen LogP contribution in [0.3, 0.4) is 0 Å². The van der Waals surface area contributed by atoms with Gasteiger partial charge in [-0.1, -0.05) is 36.4 Å². The summed E-state index contributed by atoms with van der Waals surface area (Å²) in [6, 6.07) is 17.0. The summed E-state index contributed by atoms with van der Waals surface area (Å²) >= 11 is 5.47. The van der Waals surface area contributed by atoms with Crippen molar-refractivity contribution in [3.63, 3.8) is 0 Å². The number of nitrogens with zero attached hydrogens (tertiary/aromatic N) is 3. The molecule has 0 aliphatic carbocycles. The van der Waals surface area contributed by atoms with Gasteiger partial charge in [0.2, 0.25) is 15.9 Å². The molecule has 3 aromatic rings. The number of nitrogens with one attached hydrogen (secondary N) is 1. The van der Waals surface area contributed by atoms with E-state index < -0.39 is 10.0 Å². The molecule has 1 unspecified atom stereocenters. The molecule has 1 fully saturated rings. The van der Waals surface area contributed by atoms with Crippen molar-refractivity contribution in [2.75, 3.05) is 26.3 Å². The molecule has 1 N–H and O–H groups in total. The van der Waals surface area contributed by atoms with Gasteiger partial charge >= 0.3 is 0 Å². The highest BCUT2D eigenvalue weighted by molar-refractivity contribution is 7.89. The molecule has 1 aromatic heterocycles. The van der Waals surface area contributed by atoms with Gasteiger partial charge in [-0.05, 0) is 51.2 Å². The van der Waals surface area contributed by atoms with E-state index in [1.807, 2.05) is 18.2 Å². The smallest absolute Gasteiger partial charge is 0.292 e. The fourth-order valence-corrected chi connectivity index (χ4v) is 5.47. The van der Waals surface area contributed by atoms with Gasteiger partial charge in [-0.2, -0.15) is 8.99 Å². The molecule has 1 atom stereocenters. The number of ether oxygens (including phenoxy) is 1. The first-order valence-corrected chi connectivity index (χ1v) is 13.1. The third-order valence-corrected chi connectivity index (χ3v) is 8.15. The molecular formula is C24H31N4O4S2+. The summed E-state index contributed by atoms with van der Waals surface area (Å²) in [5.74, 6) is 0.303. The van der Waals surface area contributed by atoms with E-state index in [2.05, 4.69) is 38.0 Å². The number of hydrogen-bond donors (Lipinski definition) is 1. The topological polar surface area (TPSA) is 82.0 Å². The zero-order valence-corrected chi connectivity index (χ0v) is 21.4. The van der Waals surface area contributed by atoms with Gasteiger partial charge in [0.1, 0.15) is 6.54 Å². The number of morpholine rings is 1. The summed E-state index contributed by atoms with van der Waals surface area (Å²) in [7, 11) is -3.62. The SMILES string of the molecule is CC(C)(C)[NH+](Cc1ccccc1)Cn1nc(-c2cccc(S(=O)(=O)N3CCOCC3)c2)oc1=S. The quantitative estimate of drug-likeness (QED) is 0.500. The number of benzene rings is 2. The highest BCUT2D eigenvalue weighted by Gasteiger charge is 2.28. The van der Waals surface area contributed by atoms with Crippen molar-refractivity contribution in [2.45, 2.75) is 44.4 Å². The number of quaternary nitrogens is 1. The second kappa shape index (κ2) is 10.1. The third-order valence-electron chi connectivity index (χ3n) is 5.96. The van der Waals surface area contributed by atoms with Gasteiger partial charge in [0.15, 0.2) is 6.67 Å². The van der Waals surface area contributed by atoms with Crippen molar-refractivity contribution < 1.29 is 22.5 Å². The third kappa shape index (κ3) is 5.64. The lowest BCUT2D eigenvalue weighted by Gasteiger charge is -2.31. The van der Waals surface area contributed by atoms with Crippen LogP contribution in [0.2, 0.25) is 0 Å². The molecule has 0 spiro atoms. The lowest BCUT2D eigenvalue weighted by atomic mass is 10.1. The van der Waals surface area contributed by atoms with Gasteiger partial charge < -0.3 is 14.1 Å². The van der Waals surface area contributed by atoms with Crippen LogP contribution in [0.25, 0.3) is 11.5 Å². The second-order valence-electron chi connectivity index (χ2n) is 9.39. The lowest BCUT2D eigenvalue weighted by Crippen LogP contribution is -3.17. The Labute approximate surface area is 205 Å². The number of hydrogen-bond acceptors (Lipinski definition) is 6. The minimum Gasteiger partial charge on any atom is -0.409 e. The summed E-state index contributed by atoms with van der Waals surface area (Å²) in [4.78, 5) is 1.72. The Morgan fingerprint density at radius 3 is 2.44 bits per heavy atom. The molecule has 1 saturated heterocycles. The maximum atomic E-state index is 13.1. The van der Waals surface area contributed by atoms with Crippen LogP contribution in [0.5, 0.6) is 0 Å². The molecular weight excluding hydrogens is 472 g/mol. The molecule has 0 amide bonds. The zero-order valence-electron chi connectivity index (χ0n) is 19.7. The molecule has 1 aliphatic heterocycles. The van der Waals surface area contributed by atoms with E-state index in [9.17, 15) is 8.42 Å². The normalized spacial score (nSPS) is 16.4. The van der Waals surface area contributed by atoms with Gasteiger partial charge in [0.25, 0.3) is 4.84 Å². The minimum absolute atomic E-state index is 0.0596. The molecule has 8 nitrogen and oxygen atoms in total. The van der Waals surface area contributed by atoms with E-state index in [1.54, 1.807) is 28.9 Å². The van der Waals surface area contributed by atoms with Crippen LogP contribution in [0.1, 0.15) is 26.3 Å². The van der Waals surface area contributed by atoms with E-state index in [0.29, 0.717) is 44.4 Å². The molecule has 10 heteroatoms. The maximum Gasteiger partial charge on any atom is 0.292 e. The van der Waals surface area contributed by atoms with E-state index in [-0.39, 0.29) is 15.3 Å². The van der Waals surface area contributed by atoms with Crippen molar-refractivity contribution in [1.82, 2.24) is 14.1 Å². The lowest BCUT2D eigenvalue weighted by molar-refractivity contribution is -0.981. The van der Waals surface area contributed by atoms with Crippen molar-refractivity contribution in [3.05, 3.63) is 65.0 Å². The van der Waals surface area contributed by atoms with Gasteiger partial charge in [-0.15, -0.1) is 5.10 Å². The molecule has 0 radical (unpaired) electrons. The van der Waals surface area contributed by atoms with Crippen LogP contribution in [-0.2, 0) is 28.0 Å². The number of sulfonamides is 1. The molecule has 2 heterocycles. The largest absolute Gasteiger partial charge is 0.409 e. The molecule has 0 bridgehead atoms. The van der Waals surface area contributed by atoms with Crippen molar-refractivity contribution in [3.8, 4) is 11.5 Å². The highest BCUT2D eigenvalue weighted by Crippen LogP contribution is 2.24. The second-order valence-corrected chi connectivity index (χ2v) is 11.7. The molecule has 0 saturated carbocycles. The zero-order chi connectivity index (χ0) is 24.3. The first-order valence-electron chi connectivity index (χ1n) is 11.3. The minimum atomic E-state index is -3.62. The Hall–Kier alpha value is -2.37. The summed E-state index contributed by atoms with van der Waals surface area (Å²) < 4.78 is 40.3. The molecule has 34 heavy (non-hydrogen) atoms. The molecule has 2 aromatic carbocycles. The van der Waals surface area contributed by atoms with Crippen LogP contribution in [0.4, 0.5) is 0 Å². The predicted molar refractivity (Wildman–Crippen MR) is 131 cm³/mol. The Morgan fingerprint density at radius 2 is 1.76 bits per heavy atom. The summed E-state index contributed by atoms with van der Waals surface area (Å²) in [6.45, 7) is 9.33. The van der Waals surface area contributed by atoms with Crippen LogP contribution < -0.4 is 4.90 Å². The fraction of sp³-hybridized carbons (Fsp3) is 0.417. The van der Waals surface area contributed by atoms with E-state index in [1.165, 1.54) is 14.8 Å². The number of aromatic nitrogens is 2. The summed E-state index contributed by atoms with van der Waals surface area (Å²) in [5, 5.41) is 4.61. The summed E-state index contributed by atoms with van der Waals surface area (Å²) in [5.41, 5.74) is 1.74. The van der Waals surface area contributed by atoms with Gasteiger partial charge in [0.05, 0.1) is 23.6 Å². The van der Waals surface area contributed by atoms with E-state index >= 15 is 0 Å². The van der Waals surface area contributed by atoms with E-state index in [4.69, 9.17) is 21.4 Å². The Kier molecular flexibility index (Phi) is 7.34.